The Kier molecular flexibility index (Phi) is 3.31. The Morgan fingerprint density at radius 1 is 0.917 bits per heavy atom. The minimum Gasteiger partial charge on any atom is -0.378 e. The van der Waals surface area contributed by atoms with Gasteiger partial charge in [0, 0.05) is 5.41 Å². The first-order chi connectivity index (χ1) is 11.2. The topological polar surface area (TPSA) is 40.5 Å². The molecule has 0 radical (unpaired) electrons. The summed E-state index contributed by atoms with van der Waals surface area (Å²) in [6.45, 7) is 4.59. The SMILES string of the molecule is C#CC1(O)CC2CCC3C(CCC4(C)C3CCC4(O)C#C)C2(C)C1. The van der Waals surface area contributed by atoms with Gasteiger partial charge in [0.15, 0.2) is 0 Å². The number of hydrogen-bond acceptors (Lipinski definition) is 2. The van der Waals surface area contributed by atoms with Crippen LogP contribution in [0.3, 0.4) is 0 Å². The molecule has 0 amide bonds. The van der Waals surface area contributed by atoms with Crippen LogP contribution in [0, 0.1) is 59.2 Å². The lowest BCUT2D eigenvalue weighted by Gasteiger charge is -2.58. The fraction of sp³-hybridized carbons (Fsp3) is 0.818. The highest BCUT2D eigenvalue weighted by Gasteiger charge is 2.66. The summed E-state index contributed by atoms with van der Waals surface area (Å²) in [5.41, 5.74) is -1.85. The lowest BCUT2D eigenvalue weighted by molar-refractivity contribution is -0.119. The van der Waals surface area contributed by atoms with Crippen LogP contribution in [0.2, 0.25) is 0 Å². The molecule has 8 unspecified atom stereocenters. The van der Waals surface area contributed by atoms with Crippen LogP contribution in [-0.4, -0.2) is 21.4 Å². The number of rotatable bonds is 0. The maximum absolute atomic E-state index is 11.0. The lowest BCUT2D eigenvalue weighted by Crippen LogP contribution is -2.54. The molecule has 130 valence electrons. The van der Waals surface area contributed by atoms with Gasteiger partial charge in [-0.2, -0.15) is 0 Å². The summed E-state index contributed by atoms with van der Waals surface area (Å²) >= 11 is 0. The monoisotopic (exact) mass is 326 g/mol. The maximum Gasteiger partial charge on any atom is 0.130 e. The van der Waals surface area contributed by atoms with Crippen LogP contribution >= 0.6 is 0 Å². The van der Waals surface area contributed by atoms with Crippen molar-refractivity contribution in [1.82, 2.24) is 0 Å². The van der Waals surface area contributed by atoms with E-state index >= 15 is 0 Å². The van der Waals surface area contributed by atoms with Crippen LogP contribution in [0.1, 0.15) is 65.2 Å². The molecule has 2 N–H and O–H groups in total. The quantitative estimate of drug-likeness (QED) is 0.670. The summed E-state index contributed by atoms with van der Waals surface area (Å²) in [4.78, 5) is 0. The van der Waals surface area contributed by atoms with Crippen molar-refractivity contribution in [3.05, 3.63) is 0 Å². The van der Waals surface area contributed by atoms with E-state index in [1.807, 2.05) is 0 Å². The Hall–Kier alpha value is -0.960. The average molecular weight is 326 g/mol. The standard InChI is InChI=1S/C22H30O2/c1-5-21(23)13-15-7-8-16-17(19(15,3)14-21)9-11-20(4)18(16)10-12-22(20,24)6-2/h1-2,15-18,23-24H,7-14H2,3-4H3. The van der Waals surface area contributed by atoms with Crippen molar-refractivity contribution < 1.29 is 10.2 Å². The van der Waals surface area contributed by atoms with Crippen LogP contribution < -0.4 is 0 Å². The molecule has 0 spiro atoms. The number of aliphatic hydroxyl groups is 2. The molecule has 4 rings (SSSR count). The van der Waals surface area contributed by atoms with Crippen molar-refractivity contribution in [2.24, 2.45) is 34.5 Å². The third kappa shape index (κ3) is 1.83. The van der Waals surface area contributed by atoms with Gasteiger partial charge in [-0.05, 0) is 80.5 Å². The Morgan fingerprint density at radius 2 is 1.62 bits per heavy atom. The molecule has 4 fully saturated rings. The zero-order chi connectivity index (χ0) is 17.4. The Balaban J connectivity index is 1.68. The summed E-state index contributed by atoms with van der Waals surface area (Å²) in [6.07, 6.45) is 19.1. The lowest BCUT2D eigenvalue weighted by atomic mass is 9.47. The molecule has 2 nitrogen and oxygen atoms in total. The molecule has 4 aliphatic rings. The average Bonchev–Trinajstić information content (AvgIpc) is 2.99. The Morgan fingerprint density at radius 3 is 2.29 bits per heavy atom. The molecule has 0 bridgehead atoms. The second kappa shape index (κ2) is 4.81. The molecule has 0 saturated heterocycles. The van der Waals surface area contributed by atoms with Crippen molar-refractivity contribution in [3.8, 4) is 24.7 Å². The normalized spacial score (nSPS) is 58.9. The van der Waals surface area contributed by atoms with Gasteiger partial charge in [-0.3, -0.25) is 0 Å². The zero-order valence-electron chi connectivity index (χ0n) is 15.0. The molecule has 8 atom stereocenters. The van der Waals surface area contributed by atoms with Gasteiger partial charge in [-0.15, -0.1) is 12.8 Å². The number of hydrogen-bond donors (Lipinski definition) is 2. The first-order valence-corrected chi connectivity index (χ1v) is 9.62. The second-order valence-electron chi connectivity index (χ2n) is 9.71. The highest BCUT2D eigenvalue weighted by molar-refractivity contribution is 5.25. The van der Waals surface area contributed by atoms with Crippen molar-refractivity contribution in [1.29, 1.82) is 0 Å². The molecule has 24 heavy (non-hydrogen) atoms. The molecule has 2 heteroatoms. The maximum atomic E-state index is 11.0. The molecule has 0 aromatic carbocycles. The first-order valence-electron chi connectivity index (χ1n) is 9.62. The van der Waals surface area contributed by atoms with Gasteiger partial charge in [0.2, 0.25) is 0 Å². The van der Waals surface area contributed by atoms with Crippen molar-refractivity contribution >= 4 is 0 Å². The highest BCUT2D eigenvalue weighted by Crippen LogP contribution is 2.69. The van der Waals surface area contributed by atoms with Crippen molar-refractivity contribution in [2.75, 3.05) is 0 Å². The van der Waals surface area contributed by atoms with E-state index in [0.29, 0.717) is 23.7 Å². The van der Waals surface area contributed by atoms with Crippen molar-refractivity contribution in [2.45, 2.75) is 76.4 Å². The highest BCUT2D eigenvalue weighted by atomic mass is 16.3. The third-order valence-corrected chi connectivity index (χ3v) is 8.98. The number of fused-ring (bicyclic) bond motifs is 5. The van der Waals surface area contributed by atoms with Gasteiger partial charge in [-0.25, -0.2) is 0 Å². The number of terminal acetylenes is 2. The molecule has 0 aliphatic heterocycles. The van der Waals surface area contributed by atoms with Crippen molar-refractivity contribution in [3.63, 3.8) is 0 Å². The fourth-order valence-electron chi connectivity index (χ4n) is 7.62. The minimum atomic E-state index is -0.935. The van der Waals surface area contributed by atoms with E-state index in [2.05, 4.69) is 25.7 Å². The van der Waals surface area contributed by atoms with Crippen LogP contribution in [0.15, 0.2) is 0 Å². The van der Waals surface area contributed by atoms with Crippen LogP contribution in [0.4, 0.5) is 0 Å². The van der Waals surface area contributed by atoms with Crippen LogP contribution in [-0.2, 0) is 0 Å². The van der Waals surface area contributed by atoms with E-state index in [4.69, 9.17) is 12.8 Å². The van der Waals surface area contributed by atoms with Gasteiger partial charge in [0.25, 0.3) is 0 Å². The van der Waals surface area contributed by atoms with E-state index in [1.165, 1.54) is 6.42 Å². The fourth-order valence-corrected chi connectivity index (χ4v) is 7.62. The predicted molar refractivity (Wildman–Crippen MR) is 94.7 cm³/mol. The zero-order valence-corrected chi connectivity index (χ0v) is 15.0. The van der Waals surface area contributed by atoms with Gasteiger partial charge >= 0.3 is 0 Å². The van der Waals surface area contributed by atoms with E-state index in [-0.39, 0.29) is 10.8 Å². The molecular formula is C22H30O2. The van der Waals surface area contributed by atoms with E-state index in [1.54, 1.807) is 0 Å². The summed E-state index contributed by atoms with van der Waals surface area (Å²) in [6, 6.07) is 0. The molecule has 0 aromatic heterocycles. The molecule has 0 heterocycles. The van der Waals surface area contributed by atoms with Gasteiger partial charge < -0.3 is 10.2 Å². The van der Waals surface area contributed by atoms with Gasteiger partial charge in [-0.1, -0.05) is 25.7 Å². The largest absolute Gasteiger partial charge is 0.378 e. The predicted octanol–water partition coefficient (Wildman–Crippen LogP) is 3.37. The first kappa shape index (κ1) is 16.5. The molecule has 4 aliphatic carbocycles. The summed E-state index contributed by atoms with van der Waals surface area (Å²) in [7, 11) is 0. The van der Waals surface area contributed by atoms with Gasteiger partial charge in [0.1, 0.15) is 11.2 Å². The second-order valence-corrected chi connectivity index (χ2v) is 9.71. The van der Waals surface area contributed by atoms with Crippen LogP contribution in [0.25, 0.3) is 0 Å². The van der Waals surface area contributed by atoms with E-state index < -0.39 is 11.2 Å². The van der Waals surface area contributed by atoms with Crippen LogP contribution in [0.5, 0.6) is 0 Å². The summed E-state index contributed by atoms with van der Waals surface area (Å²) in [5, 5.41) is 21.8. The summed E-state index contributed by atoms with van der Waals surface area (Å²) < 4.78 is 0. The Labute approximate surface area is 146 Å². The Bertz CT molecular complexity index is 641. The molecule has 4 saturated carbocycles. The van der Waals surface area contributed by atoms with E-state index in [0.717, 1.165) is 44.9 Å². The van der Waals surface area contributed by atoms with E-state index in [9.17, 15) is 10.2 Å². The van der Waals surface area contributed by atoms with Gasteiger partial charge in [0.05, 0.1) is 0 Å². The summed E-state index contributed by atoms with van der Waals surface area (Å²) in [5.74, 6) is 7.70. The molecular weight excluding hydrogens is 296 g/mol. The minimum absolute atomic E-state index is 0.141. The molecule has 0 aromatic rings. The smallest absolute Gasteiger partial charge is 0.130 e. The third-order valence-electron chi connectivity index (χ3n) is 8.98.